The van der Waals surface area contributed by atoms with E-state index < -0.39 is 0 Å². The van der Waals surface area contributed by atoms with Crippen LogP contribution >= 0.6 is 0 Å². The van der Waals surface area contributed by atoms with Crippen molar-refractivity contribution in [3.63, 3.8) is 0 Å². The second-order valence-electron chi connectivity index (χ2n) is 6.58. The number of hydrogen-bond donors (Lipinski definition) is 0. The van der Waals surface area contributed by atoms with E-state index in [0.29, 0.717) is 0 Å². The van der Waals surface area contributed by atoms with Crippen LogP contribution in [-0.2, 0) is 0 Å². The Morgan fingerprint density at radius 3 is 2.24 bits per heavy atom. The van der Waals surface area contributed by atoms with E-state index in [1.807, 2.05) is 6.08 Å². The molecule has 0 atom stereocenters. The van der Waals surface area contributed by atoms with E-state index in [-0.39, 0.29) is 0 Å². The second-order valence-corrected chi connectivity index (χ2v) is 6.58. The van der Waals surface area contributed by atoms with Crippen molar-refractivity contribution in [3.8, 4) is 11.1 Å². The number of hydrogen-bond acceptors (Lipinski definition) is 0. The summed E-state index contributed by atoms with van der Waals surface area (Å²) in [4.78, 5) is 0. The lowest BCUT2D eigenvalue weighted by Crippen LogP contribution is -1.92. The van der Waals surface area contributed by atoms with Crippen LogP contribution in [0.5, 0.6) is 0 Å². The van der Waals surface area contributed by atoms with Crippen LogP contribution < -0.4 is 0 Å². The van der Waals surface area contributed by atoms with Gasteiger partial charge in [0.25, 0.3) is 0 Å². The van der Waals surface area contributed by atoms with E-state index >= 15 is 0 Å². The van der Waals surface area contributed by atoms with Gasteiger partial charge in [-0.05, 0) is 60.4 Å². The molecule has 1 heterocycles. The van der Waals surface area contributed by atoms with Crippen LogP contribution in [0, 0.1) is 13.8 Å². The van der Waals surface area contributed by atoms with Crippen molar-refractivity contribution in [1.82, 2.24) is 4.57 Å². The summed E-state index contributed by atoms with van der Waals surface area (Å²) >= 11 is 0. The van der Waals surface area contributed by atoms with Crippen LogP contribution in [0.25, 0.3) is 38.6 Å². The quantitative estimate of drug-likeness (QED) is 0.368. The van der Waals surface area contributed by atoms with Crippen LogP contribution in [0.15, 0.2) is 79.9 Å². The maximum Gasteiger partial charge on any atom is 0.0541 e. The van der Waals surface area contributed by atoms with Crippen molar-refractivity contribution in [3.05, 3.63) is 91.0 Å². The molecular weight excluding hydrogens is 302 g/mol. The topological polar surface area (TPSA) is 4.93 Å². The Morgan fingerprint density at radius 1 is 0.800 bits per heavy atom. The third-order valence-electron chi connectivity index (χ3n) is 5.04. The summed E-state index contributed by atoms with van der Waals surface area (Å²) in [7, 11) is 0. The lowest BCUT2D eigenvalue weighted by Gasteiger charge is -2.08. The zero-order valence-corrected chi connectivity index (χ0v) is 14.7. The summed E-state index contributed by atoms with van der Waals surface area (Å²) in [6.07, 6.45) is 1.81. The Bertz CT molecular complexity index is 1140. The molecule has 0 saturated heterocycles. The molecule has 0 N–H and O–H groups in total. The summed E-state index contributed by atoms with van der Waals surface area (Å²) in [6, 6.07) is 21.8. The molecule has 0 radical (unpaired) electrons. The number of para-hydroxylation sites is 1. The third-order valence-corrected chi connectivity index (χ3v) is 5.04. The van der Waals surface area contributed by atoms with Gasteiger partial charge in [-0.1, -0.05) is 55.6 Å². The minimum absolute atomic E-state index is 0.894. The van der Waals surface area contributed by atoms with Crippen LogP contribution in [0.4, 0.5) is 0 Å². The van der Waals surface area contributed by atoms with Gasteiger partial charge >= 0.3 is 0 Å². The number of rotatable bonds is 3. The molecular formula is C24H21N. The summed E-state index contributed by atoms with van der Waals surface area (Å²) in [5.74, 6) is 0. The molecule has 0 unspecified atom stereocenters. The fraction of sp³-hybridized carbons (Fsp3) is 0.0833. The maximum absolute atomic E-state index is 4.16. The summed E-state index contributed by atoms with van der Waals surface area (Å²) in [6.45, 7) is 12.4. The first kappa shape index (κ1) is 15.5. The monoisotopic (exact) mass is 323 g/mol. The molecule has 4 aromatic rings. The van der Waals surface area contributed by atoms with Crippen molar-refractivity contribution in [2.75, 3.05) is 0 Å². The minimum Gasteiger partial charge on any atom is -0.310 e. The van der Waals surface area contributed by atoms with Gasteiger partial charge in [-0.2, -0.15) is 0 Å². The van der Waals surface area contributed by atoms with Gasteiger partial charge in [-0.25, -0.2) is 0 Å². The molecule has 1 nitrogen and oxygen atoms in total. The van der Waals surface area contributed by atoms with E-state index in [9.17, 15) is 0 Å². The molecule has 0 aliphatic carbocycles. The van der Waals surface area contributed by atoms with Crippen LogP contribution in [-0.4, -0.2) is 4.57 Å². The summed E-state index contributed by atoms with van der Waals surface area (Å²) < 4.78 is 2.18. The molecule has 0 spiro atoms. The maximum atomic E-state index is 4.16. The Labute approximate surface area is 148 Å². The van der Waals surface area contributed by atoms with Gasteiger partial charge < -0.3 is 4.57 Å². The number of fused-ring (bicyclic) bond motifs is 3. The molecule has 0 amide bonds. The van der Waals surface area contributed by atoms with E-state index in [1.54, 1.807) is 0 Å². The normalized spacial score (nSPS) is 11.1. The van der Waals surface area contributed by atoms with Gasteiger partial charge in [0, 0.05) is 16.5 Å². The lowest BCUT2D eigenvalue weighted by molar-refractivity contribution is 1.25. The molecule has 0 bridgehead atoms. The van der Waals surface area contributed by atoms with Crippen molar-refractivity contribution in [1.29, 1.82) is 0 Å². The number of benzene rings is 3. The number of allylic oxidation sites excluding steroid dienone is 2. The summed E-state index contributed by atoms with van der Waals surface area (Å²) in [5.41, 5.74) is 8.36. The van der Waals surface area contributed by atoms with Crippen molar-refractivity contribution >= 4 is 27.5 Å². The highest BCUT2D eigenvalue weighted by atomic mass is 15.0. The highest BCUT2D eigenvalue weighted by Gasteiger charge is 2.12. The van der Waals surface area contributed by atoms with Gasteiger partial charge in [-0.3, -0.25) is 0 Å². The van der Waals surface area contributed by atoms with Gasteiger partial charge in [0.05, 0.1) is 11.0 Å². The fourth-order valence-electron chi connectivity index (χ4n) is 3.47. The molecule has 0 fully saturated rings. The highest BCUT2D eigenvalue weighted by molar-refractivity contribution is 6.11. The average Bonchev–Trinajstić information content (AvgIpc) is 2.97. The highest BCUT2D eigenvalue weighted by Crippen LogP contribution is 2.34. The molecule has 122 valence electrons. The first-order valence-corrected chi connectivity index (χ1v) is 8.52. The summed E-state index contributed by atoms with van der Waals surface area (Å²) in [5, 5.41) is 2.49. The smallest absolute Gasteiger partial charge is 0.0541 e. The molecule has 25 heavy (non-hydrogen) atoms. The molecule has 0 saturated carbocycles. The third kappa shape index (κ3) is 2.40. The van der Waals surface area contributed by atoms with E-state index in [1.165, 1.54) is 44.1 Å². The second kappa shape index (κ2) is 5.78. The predicted octanol–water partition coefficient (Wildman–Crippen LogP) is 6.74. The molecule has 3 aromatic carbocycles. The van der Waals surface area contributed by atoms with Crippen molar-refractivity contribution in [2.45, 2.75) is 13.8 Å². The Hall–Kier alpha value is -3.06. The van der Waals surface area contributed by atoms with Crippen LogP contribution in [0.1, 0.15) is 11.1 Å². The molecule has 1 aromatic heterocycles. The lowest BCUT2D eigenvalue weighted by atomic mass is 9.99. The van der Waals surface area contributed by atoms with Crippen LogP contribution in [0.2, 0.25) is 0 Å². The van der Waals surface area contributed by atoms with E-state index in [0.717, 1.165) is 5.70 Å². The molecule has 0 aliphatic heterocycles. The SMILES string of the molecule is C=CC(=C)n1c2ccccc2c2cc(-c3ccc(C)c(C)c3)ccc21. The molecule has 4 rings (SSSR count). The zero-order chi connectivity index (χ0) is 17.6. The van der Waals surface area contributed by atoms with Gasteiger partial charge in [0.2, 0.25) is 0 Å². The number of nitrogens with zero attached hydrogens (tertiary/aromatic N) is 1. The van der Waals surface area contributed by atoms with E-state index in [2.05, 4.69) is 92.2 Å². The predicted molar refractivity (Wildman–Crippen MR) is 110 cm³/mol. The number of aromatic nitrogens is 1. The van der Waals surface area contributed by atoms with Gasteiger partial charge in [-0.15, -0.1) is 0 Å². The van der Waals surface area contributed by atoms with Gasteiger partial charge in [0.1, 0.15) is 0 Å². The van der Waals surface area contributed by atoms with Crippen molar-refractivity contribution < 1.29 is 0 Å². The standard InChI is InChI=1S/C24H21N/c1-5-18(4)25-23-9-7-6-8-21(23)22-15-20(12-13-24(22)25)19-11-10-16(2)17(3)14-19/h5-15H,1,4H2,2-3H3. The average molecular weight is 323 g/mol. The van der Waals surface area contributed by atoms with E-state index in [4.69, 9.17) is 0 Å². The largest absolute Gasteiger partial charge is 0.310 e. The first-order valence-electron chi connectivity index (χ1n) is 8.52. The Balaban J connectivity index is 2.03. The molecule has 1 heteroatoms. The van der Waals surface area contributed by atoms with Gasteiger partial charge in [0.15, 0.2) is 0 Å². The Morgan fingerprint density at radius 2 is 1.48 bits per heavy atom. The molecule has 0 aliphatic rings. The zero-order valence-electron chi connectivity index (χ0n) is 14.7. The van der Waals surface area contributed by atoms with Crippen LogP contribution in [0.3, 0.4) is 0 Å². The van der Waals surface area contributed by atoms with Crippen molar-refractivity contribution in [2.24, 2.45) is 0 Å². The first-order chi connectivity index (χ1) is 12.1. The number of aryl methyl sites for hydroxylation is 2. The Kier molecular flexibility index (Phi) is 3.58. The minimum atomic E-state index is 0.894. The fourth-order valence-corrected chi connectivity index (χ4v) is 3.47.